The molecule has 0 amide bonds. The van der Waals surface area contributed by atoms with Gasteiger partial charge in [-0.1, -0.05) is 43.0 Å². The van der Waals surface area contributed by atoms with Crippen molar-refractivity contribution in [3.8, 4) is 5.75 Å². The van der Waals surface area contributed by atoms with Crippen molar-refractivity contribution < 1.29 is 19.0 Å². The zero-order chi connectivity index (χ0) is 18.2. The lowest BCUT2D eigenvalue weighted by molar-refractivity contribution is -0.128. The van der Waals surface area contributed by atoms with Crippen molar-refractivity contribution in [3.63, 3.8) is 0 Å². The van der Waals surface area contributed by atoms with Crippen LogP contribution in [0.4, 0.5) is 0 Å². The van der Waals surface area contributed by atoms with Crippen LogP contribution in [0.3, 0.4) is 0 Å². The third-order valence-electron chi connectivity index (χ3n) is 4.39. The molecule has 4 nitrogen and oxygen atoms in total. The summed E-state index contributed by atoms with van der Waals surface area (Å²) < 4.78 is 16.6. The Hall–Kier alpha value is -2.43. The summed E-state index contributed by atoms with van der Waals surface area (Å²) in [4.78, 5) is 11.1. The maximum Gasteiger partial charge on any atom is 0.335 e. The molecule has 0 saturated heterocycles. The van der Waals surface area contributed by atoms with Gasteiger partial charge in [-0.05, 0) is 41.7 Å². The third-order valence-corrected chi connectivity index (χ3v) is 4.39. The van der Waals surface area contributed by atoms with Crippen LogP contribution in [0.25, 0.3) is 0 Å². The number of carbonyl (C=O) groups is 1. The molecule has 0 saturated carbocycles. The highest BCUT2D eigenvalue weighted by Crippen LogP contribution is 2.35. The summed E-state index contributed by atoms with van der Waals surface area (Å²) in [6, 6.07) is 15.8. The van der Waals surface area contributed by atoms with Crippen LogP contribution in [0.5, 0.6) is 5.75 Å². The van der Waals surface area contributed by atoms with Gasteiger partial charge < -0.3 is 14.2 Å². The molecular formula is C22H24O4. The molecule has 0 aliphatic heterocycles. The second kappa shape index (κ2) is 9.32. The van der Waals surface area contributed by atoms with Crippen molar-refractivity contribution in [1.29, 1.82) is 0 Å². The smallest absolute Gasteiger partial charge is 0.335 e. The monoisotopic (exact) mass is 352 g/mol. The number of hydrogen-bond acceptors (Lipinski definition) is 4. The van der Waals surface area contributed by atoms with E-state index in [-0.39, 0.29) is 6.10 Å². The molecule has 26 heavy (non-hydrogen) atoms. The van der Waals surface area contributed by atoms with E-state index in [1.807, 2.05) is 12.1 Å². The highest BCUT2D eigenvalue weighted by Gasteiger charge is 2.25. The first-order valence-corrected chi connectivity index (χ1v) is 8.96. The van der Waals surface area contributed by atoms with E-state index in [1.54, 1.807) is 12.1 Å². The molecule has 1 unspecified atom stereocenters. The van der Waals surface area contributed by atoms with Crippen LogP contribution in [0, 0.1) is 0 Å². The lowest BCUT2D eigenvalue weighted by atomic mass is 9.85. The number of ether oxygens (including phenoxy) is 3. The molecule has 0 fully saturated rings. The van der Waals surface area contributed by atoms with E-state index in [9.17, 15) is 4.79 Å². The number of rotatable bonds is 10. The van der Waals surface area contributed by atoms with Gasteiger partial charge in [0.05, 0.1) is 12.7 Å². The molecule has 4 heteroatoms. The normalized spacial score (nSPS) is 15.0. The Morgan fingerprint density at radius 1 is 1.08 bits per heavy atom. The van der Waals surface area contributed by atoms with E-state index in [1.165, 1.54) is 11.1 Å². The van der Waals surface area contributed by atoms with Crippen molar-refractivity contribution in [1.82, 2.24) is 0 Å². The summed E-state index contributed by atoms with van der Waals surface area (Å²) in [6.45, 7) is 5.39. The Morgan fingerprint density at radius 2 is 1.85 bits per heavy atom. The molecule has 0 heterocycles. The van der Waals surface area contributed by atoms with Gasteiger partial charge in [-0.15, -0.1) is 0 Å². The maximum atomic E-state index is 11.1. The van der Waals surface area contributed by atoms with Crippen LogP contribution in [-0.2, 0) is 27.3 Å². The molecule has 0 radical (unpaired) electrons. The van der Waals surface area contributed by atoms with Crippen molar-refractivity contribution in [2.45, 2.75) is 32.0 Å². The van der Waals surface area contributed by atoms with Gasteiger partial charge in [0.15, 0.2) is 0 Å². The number of unbranched alkanes of at least 4 members (excludes halogenated alkanes) is 1. The molecule has 0 spiro atoms. The highest BCUT2D eigenvalue weighted by atomic mass is 16.5. The Labute approximate surface area is 154 Å². The number of esters is 1. The molecule has 2 aromatic carbocycles. The summed E-state index contributed by atoms with van der Waals surface area (Å²) in [5.74, 6) is 0.0509. The van der Waals surface area contributed by atoms with Gasteiger partial charge in [-0.3, -0.25) is 0 Å². The summed E-state index contributed by atoms with van der Waals surface area (Å²) in [6.07, 6.45) is 4.43. The summed E-state index contributed by atoms with van der Waals surface area (Å²) in [5, 5.41) is 0. The largest absolute Gasteiger partial charge is 0.423 e. The Balaban J connectivity index is 1.25. The summed E-state index contributed by atoms with van der Waals surface area (Å²) >= 11 is 0. The fourth-order valence-corrected chi connectivity index (χ4v) is 2.89. The molecule has 3 rings (SSSR count). The number of hydrogen-bond donors (Lipinski definition) is 0. The van der Waals surface area contributed by atoms with Crippen molar-refractivity contribution in [2.75, 3.05) is 13.2 Å². The molecular weight excluding hydrogens is 328 g/mol. The zero-order valence-corrected chi connectivity index (χ0v) is 14.9. The average molecular weight is 352 g/mol. The van der Waals surface area contributed by atoms with Crippen LogP contribution in [0.1, 0.15) is 35.6 Å². The minimum Gasteiger partial charge on any atom is -0.423 e. The van der Waals surface area contributed by atoms with Crippen LogP contribution >= 0.6 is 0 Å². The van der Waals surface area contributed by atoms with Crippen LogP contribution < -0.4 is 4.74 Å². The Bertz CT molecular complexity index is 736. The van der Waals surface area contributed by atoms with Crippen LogP contribution in [0.2, 0.25) is 0 Å². The van der Waals surface area contributed by atoms with Gasteiger partial charge in [0.25, 0.3) is 0 Å². The maximum absolute atomic E-state index is 11.1. The van der Waals surface area contributed by atoms with E-state index >= 15 is 0 Å². The van der Waals surface area contributed by atoms with Gasteiger partial charge in [0.2, 0.25) is 0 Å². The molecule has 0 aromatic heterocycles. The number of carbonyl (C=O) groups excluding carboxylic acids is 1. The molecule has 1 aliphatic rings. The number of fused-ring (bicyclic) bond motifs is 1. The van der Waals surface area contributed by atoms with Gasteiger partial charge in [-0.2, -0.15) is 0 Å². The summed E-state index contributed by atoms with van der Waals surface area (Å²) in [7, 11) is 0. The van der Waals surface area contributed by atoms with E-state index in [4.69, 9.17) is 14.2 Å². The van der Waals surface area contributed by atoms with Crippen molar-refractivity contribution >= 4 is 5.97 Å². The fraction of sp³-hybridized carbons (Fsp3) is 0.318. The van der Waals surface area contributed by atoms with Crippen molar-refractivity contribution in [2.24, 2.45) is 0 Å². The zero-order valence-electron chi connectivity index (χ0n) is 14.9. The standard InChI is InChI=1S/C22H24O4/c1-2-22(23)26-19-11-9-17(10-12-19)16-24-13-5-6-14-25-21-15-18-7-3-4-8-20(18)21/h2-4,7-12,21H,1,5-6,13-16H2. The molecule has 1 aliphatic carbocycles. The number of benzene rings is 2. The minimum atomic E-state index is -0.457. The van der Waals surface area contributed by atoms with Crippen LogP contribution in [0.15, 0.2) is 61.2 Å². The third kappa shape index (κ3) is 5.04. The molecule has 2 aromatic rings. The molecule has 0 bridgehead atoms. The predicted octanol–water partition coefficient (Wildman–Crippen LogP) is 4.39. The second-order valence-electron chi connectivity index (χ2n) is 6.29. The van der Waals surface area contributed by atoms with E-state index < -0.39 is 5.97 Å². The van der Waals surface area contributed by atoms with E-state index in [0.717, 1.165) is 37.5 Å². The first kappa shape index (κ1) is 18.4. The second-order valence-corrected chi connectivity index (χ2v) is 6.29. The first-order chi connectivity index (χ1) is 12.8. The van der Waals surface area contributed by atoms with Crippen molar-refractivity contribution in [3.05, 3.63) is 77.9 Å². The van der Waals surface area contributed by atoms with Gasteiger partial charge in [0.1, 0.15) is 5.75 Å². The van der Waals surface area contributed by atoms with Gasteiger partial charge in [0, 0.05) is 25.7 Å². The Morgan fingerprint density at radius 3 is 2.62 bits per heavy atom. The van der Waals surface area contributed by atoms with E-state index in [2.05, 4.69) is 30.8 Å². The average Bonchev–Trinajstić information content (AvgIpc) is 2.65. The lowest BCUT2D eigenvalue weighted by Gasteiger charge is -2.29. The predicted molar refractivity (Wildman–Crippen MR) is 100 cm³/mol. The highest BCUT2D eigenvalue weighted by molar-refractivity contribution is 5.83. The van der Waals surface area contributed by atoms with Gasteiger partial charge in [-0.25, -0.2) is 4.79 Å². The SMILES string of the molecule is C=CC(=O)Oc1ccc(COCCCCOC2Cc3ccccc32)cc1. The Kier molecular flexibility index (Phi) is 6.58. The van der Waals surface area contributed by atoms with E-state index in [0.29, 0.717) is 19.0 Å². The fourth-order valence-electron chi connectivity index (χ4n) is 2.89. The quantitative estimate of drug-likeness (QED) is 0.275. The lowest BCUT2D eigenvalue weighted by Crippen LogP contribution is -2.20. The molecule has 0 N–H and O–H groups in total. The molecule has 136 valence electrons. The minimum absolute atomic E-state index is 0.279. The van der Waals surface area contributed by atoms with Gasteiger partial charge >= 0.3 is 5.97 Å². The first-order valence-electron chi connectivity index (χ1n) is 8.96. The summed E-state index contributed by atoms with van der Waals surface area (Å²) in [5.41, 5.74) is 3.79. The topological polar surface area (TPSA) is 44.8 Å². The molecule has 1 atom stereocenters. The van der Waals surface area contributed by atoms with Crippen LogP contribution in [-0.4, -0.2) is 19.2 Å².